The van der Waals surface area contributed by atoms with Gasteiger partial charge in [-0.1, -0.05) is 0 Å². The molecule has 2 rings (SSSR count). The zero-order valence-corrected chi connectivity index (χ0v) is 11.9. The molecule has 16 heavy (non-hydrogen) atoms. The van der Waals surface area contributed by atoms with Crippen LogP contribution in [-0.2, 0) is 0 Å². The molecule has 1 saturated heterocycles. The van der Waals surface area contributed by atoms with E-state index in [1.165, 1.54) is 6.42 Å². The summed E-state index contributed by atoms with van der Waals surface area (Å²) < 4.78 is 1.37. The van der Waals surface area contributed by atoms with Crippen molar-refractivity contribution >= 4 is 37.8 Å². The first kappa shape index (κ1) is 12.0. The summed E-state index contributed by atoms with van der Waals surface area (Å²) in [6, 6.07) is 3.53. The summed E-state index contributed by atoms with van der Waals surface area (Å²) in [6.45, 7) is 1.74. The van der Waals surface area contributed by atoms with Gasteiger partial charge in [-0.05, 0) is 63.3 Å². The fourth-order valence-electron chi connectivity index (χ4n) is 1.87. The summed E-state index contributed by atoms with van der Waals surface area (Å²) in [6.07, 6.45) is 3.45. The number of rotatable bonds is 1. The fourth-order valence-corrected chi connectivity index (χ4v) is 2.98. The third-order valence-corrected chi connectivity index (χ3v) is 3.47. The normalized spacial score (nSPS) is 16.2. The number of likely N-dealkylation sites (tertiary alicyclic amines) is 1. The van der Waals surface area contributed by atoms with Crippen LogP contribution in [0.1, 0.15) is 29.6 Å². The number of piperidine rings is 1. The van der Waals surface area contributed by atoms with E-state index in [1.54, 1.807) is 12.1 Å². The smallest absolute Gasteiger partial charge is 0.254 e. The Labute approximate surface area is 111 Å². The molecule has 1 aromatic rings. The van der Waals surface area contributed by atoms with Gasteiger partial charge >= 0.3 is 0 Å². The van der Waals surface area contributed by atoms with Crippen molar-refractivity contribution < 1.29 is 4.79 Å². The molecule has 0 N–H and O–H groups in total. The second-order valence-corrected chi connectivity index (χ2v) is 5.48. The second-order valence-electron chi connectivity index (χ2n) is 3.85. The maximum Gasteiger partial charge on any atom is 0.254 e. The molecule has 0 spiro atoms. The summed E-state index contributed by atoms with van der Waals surface area (Å²) in [5, 5.41) is 0. The lowest BCUT2D eigenvalue weighted by Crippen LogP contribution is -2.35. The Morgan fingerprint density at radius 1 is 1.12 bits per heavy atom. The van der Waals surface area contributed by atoms with E-state index in [-0.39, 0.29) is 5.91 Å². The van der Waals surface area contributed by atoms with Crippen molar-refractivity contribution in [3.8, 4) is 0 Å². The number of carbonyl (C=O) groups excluding carboxylic acids is 1. The van der Waals surface area contributed by atoms with Crippen LogP contribution in [0.5, 0.6) is 0 Å². The van der Waals surface area contributed by atoms with Crippen molar-refractivity contribution in [1.82, 2.24) is 9.88 Å². The van der Waals surface area contributed by atoms with E-state index in [1.807, 2.05) is 4.90 Å². The first-order valence-corrected chi connectivity index (χ1v) is 6.88. The third kappa shape index (κ3) is 2.83. The third-order valence-electron chi connectivity index (χ3n) is 2.65. The molecule has 3 nitrogen and oxygen atoms in total. The van der Waals surface area contributed by atoms with Gasteiger partial charge in [0.25, 0.3) is 5.91 Å². The van der Waals surface area contributed by atoms with Gasteiger partial charge in [0.1, 0.15) is 9.21 Å². The van der Waals surface area contributed by atoms with Gasteiger partial charge in [0, 0.05) is 18.7 Å². The molecule has 0 aromatic carbocycles. The standard InChI is InChI=1S/C11H12Br2N2O/c12-9-6-8(7-10(13)14-9)11(16)15-4-2-1-3-5-15/h6-7H,1-5H2. The highest BCUT2D eigenvalue weighted by molar-refractivity contribution is 9.11. The number of halogens is 2. The van der Waals surface area contributed by atoms with E-state index in [9.17, 15) is 4.79 Å². The molecule has 2 heterocycles. The lowest BCUT2D eigenvalue weighted by molar-refractivity contribution is 0.0724. The van der Waals surface area contributed by atoms with Gasteiger partial charge in [0.15, 0.2) is 0 Å². The highest BCUT2D eigenvalue weighted by Crippen LogP contribution is 2.19. The van der Waals surface area contributed by atoms with Gasteiger partial charge in [-0.2, -0.15) is 0 Å². The molecule has 1 aromatic heterocycles. The first-order chi connectivity index (χ1) is 7.66. The van der Waals surface area contributed by atoms with Crippen LogP contribution in [0.25, 0.3) is 0 Å². The van der Waals surface area contributed by atoms with Crippen LogP contribution in [0.15, 0.2) is 21.3 Å². The maximum absolute atomic E-state index is 12.2. The topological polar surface area (TPSA) is 33.2 Å². The fraction of sp³-hybridized carbons (Fsp3) is 0.455. The molecule has 0 aliphatic carbocycles. The van der Waals surface area contributed by atoms with Crippen LogP contribution in [0.4, 0.5) is 0 Å². The molecule has 86 valence electrons. The Kier molecular flexibility index (Phi) is 3.97. The van der Waals surface area contributed by atoms with Gasteiger partial charge in [0.05, 0.1) is 0 Å². The lowest BCUT2D eigenvalue weighted by atomic mass is 10.1. The minimum atomic E-state index is 0.100. The molecular formula is C11H12Br2N2O. The van der Waals surface area contributed by atoms with E-state index in [0.29, 0.717) is 14.8 Å². The van der Waals surface area contributed by atoms with Crippen LogP contribution in [0.3, 0.4) is 0 Å². The average molecular weight is 348 g/mol. The lowest BCUT2D eigenvalue weighted by Gasteiger charge is -2.26. The number of hydrogen-bond acceptors (Lipinski definition) is 2. The minimum absolute atomic E-state index is 0.100. The Hall–Kier alpha value is -0.420. The molecule has 1 amide bonds. The van der Waals surface area contributed by atoms with Gasteiger partial charge in [-0.25, -0.2) is 4.98 Å². The highest BCUT2D eigenvalue weighted by Gasteiger charge is 2.18. The molecule has 1 fully saturated rings. The predicted molar refractivity (Wildman–Crippen MR) is 69.4 cm³/mol. The minimum Gasteiger partial charge on any atom is -0.339 e. The SMILES string of the molecule is O=C(c1cc(Br)nc(Br)c1)N1CCCCC1. The number of pyridine rings is 1. The molecule has 0 saturated carbocycles. The Morgan fingerprint density at radius 2 is 1.69 bits per heavy atom. The van der Waals surface area contributed by atoms with Crippen LogP contribution < -0.4 is 0 Å². The summed E-state index contributed by atoms with van der Waals surface area (Å²) in [7, 11) is 0. The monoisotopic (exact) mass is 346 g/mol. The van der Waals surface area contributed by atoms with Crippen molar-refractivity contribution in [2.75, 3.05) is 13.1 Å². The molecular weight excluding hydrogens is 336 g/mol. The summed E-state index contributed by atoms with van der Waals surface area (Å²) >= 11 is 6.59. The summed E-state index contributed by atoms with van der Waals surface area (Å²) in [4.78, 5) is 18.2. The molecule has 1 aliphatic heterocycles. The summed E-state index contributed by atoms with van der Waals surface area (Å²) in [5.41, 5.74) is 0.690. The van der Waals surface area contributed by atoms with E-state index in [2.05, 4.69) is 36.8 Å². The first-order valence-electron chi connectivity index (χ1n) is 5.29. The van der Waals surface area contributed by atoms with Crippen molar-refractivity contribution in [2.24, 2.45) is 0 Å². The van der Waals surface area contributed by atoms with Crippen LogP contribution >= 0.6 is 31.9 Å². The number of aromatic nitrogens is 1. The van der Waals surface area contributed by atoms with Gasteiger partial charge in [-0.3, -0.25) is 4.79 Å². The zero-order chi connectivity index (χ0) is 11.5. The van der Waals surface area contributed by atoms with Crippen molar-refractivity contribution in [1.29, 1.82) is 0 Å². The Bertz CT molecular complexity index is 383. The molecule has 0 bridgehead atoms. The van der Waals surface area contributed by atoms with Crippen LogP contribution in [0, 0.1) is 0 Å². The second kappa shape index (κ2) is 5.27. The Morgan fingerprint density at radius 3 is 2.25 bits per heavy atom. The van der Waals surface area contributed by atoms with E-state index in [4.69, 9.17) is 0 Å². The van der Waals surface area contributed by atoms with Crippen LogP contribution in [0.2, 0.25) is 0 Å². The molecule has 0 unspecified atom stereocenters. The van der Waals surface area contributed by atoms with E-state index < -0.39 is 0 Å². The Balaban J connectivity index is 2.19. The molecule has 0 radical (unpaired) electrons. The van der Waals surface area contributed by atoms with Crippen LogP contribution in [-0.4, -0.2) is 28.9 Å². The summed E-state index contributed by atoms with van der Waals surface area (Å²) in [5.74, 6) is 0.100. The van der Waals surface area contributed by atoms with E-state index in [0.717, 1.165) is 25.9 Å². The average Bonchev–Trinajstić information content (AvgIpc) is 2.28. The van der Waals surface area contributed by atoms with Crippen molar-refractivity contribution in [2.45, 2.75) is 19.3 Å². The number of carbonyl (C=O) groups is 1. The largest absolute Gasteiger partial charge is 0.339 e. The highest BCUT2D eigenvalue weighted by atomic mass is 79.9. The number of hydrogen-bond donors (Lipinski definition) is 0. The maximum atomic E-state index is 12.2. The van der Waals surface area contributed by atoms with Crippen molar-refractivity contribution in [3.05, 3.63) is 26.9 Å². The van der Waals surface area contributed by atoms with Crippen molar-refractivity contribution in [3.63, 3.8) is 0 Å². The molecule has 5 heteroatoms. The molecule has 0 atom stereocenters. The quantitative estimate of drug-likeness (QED) is 0.731. The molecule has 1 aliphatic rings. The van der Waals surface area contributed by atoms with E-state index >= 15 is 0 Å². The predicted octanol–water partition coefficient (Wildman–Crippen LogP) is 3.23. The zero-order valence-electron chi connectivity index (χ0n) is 8.75. The van der Waals surface area contributed by atoms with Gasteiger partial charge in [0.2, 0.25) is 0 Å². The van der Waals surface area contributed by atoms with Gasteiger partial charge in [-0.15, -0.1) is 0 Å². The number of amides is 1. The van der Waals surface area contributed by atoms with Gasteiger partial charge < -0.3 is 4.90 Å². The number of nitrogens with zero attached hydrogens (tertiary/aromatic N) is 2.